The quantitative estimate of drug-likeness (QED) is 0.911. The van der Waals surface area contributed by atoms with E-state index in [1.165, 1.54) is 0 Å². The third-order valence-electron chi connectivity index (χ3n) is 3.61. The lowest BCUT2D eigenvalue weighted by Crippen LogP contribution is -2.51. The third-order valence-corrected chi connectivity index (χ3v) is 3.61. The number of hydrogen-bond donors (Lipinski definition) is 1. The first-order valence-electron chi connectivity index (χ1n) is 7.25. The van der Waals surface area contributed by atoms with Gasteiger partial charge in [-0.1, -0.05) is 6.07 Å². The van der Waals surface area contributed by atoms with Gasteiger partial charge in [-0.25, -0.2) is 9.78 Å². The van der Waals surface area contributed by atoms with E-state index in [4.69, 9.17) is 0 Å². The summed E-state index contributed by atoms with van der Waals surface area (Å²) in [7, 11) is 0. The highest BCUT2D eigenvalue weighted by Gasteiger charge is 2.21. The van der Waals surface area contributed by atoms with Crippen LogP contribution in [-0.4, -0.2) is 52.1 Å². The second-order valence-corrected chi connectivity index (χ2v) is 5.06. The van der Waals surface area contributed by atoms with Crippen LogP contribution in [0.2, 0.25) is 0 Å². The van der Waals surface area contributed by atoms with Crippen LogP contribution in [0.15, 0.2) is 43.1 Å². The molecular weight excluding hydrogens is 280 g/mol. The van der Waals surface area contributed by atoms with Crippen LogP contribution < -0.4 is 10.2 Å². The van der Waals surface area contributed by atoms with Gasteiger partial charge in [0.2, 0.25) is 0 Å². The van der Waals surface area contributed by atoms with E-state index in [1.807, 2.05) is 17.0 Å². The van der Waals surface area contributed by atoms with Crippen LogP contribution in [0, 0.1) is 0 Å². The Kier molecular flexibility index (Phi) is 4.43. The van der Waals surface area contributed by atoms with Crippen LogP contribution in [0.1, 0.15) is 5.56 Å². The summed E-state index contributed by atoms with van der Waals surface area (Å²) in [5, 5.41) is 2.92. The van der Waals surface area contributed by atoms with Crippen LogP contribution >= 0.6 is 0 Å². The number of carbonyl (C=O) groups excluding carboxylic acids is 1. The summed E-state index contributed by atoms with van der Waals surface area (Å²) in [6, 6.07) is 3.77. The molecule has 0 aromatic carbocycles. The molecule has 1 aliphatic heterocycles. The molecule has 7 nitrogen and oxygen atoms in total. The zero-order chi connectivity index (χ0) is 15.2. The van der Waals surface area contributed by atoms with Crippen molar-refractivity contribution in [1.29, 1.82) is 0 Å². The van der Waals surface area contributed by atoms with E-state index < -0.39 is 0 Å². The Labute approximate surface area is 129 Å². The molecule has 1 saturated heterocycles. The van der Waals surface area contributed by atoms with E-state index in [-0.39, 0.29) is 6.03 Å². The Morgan fingerprint density at radius 3 is 2.59 bits per heavy atom. The molecule has 0 unspecified atom stereocenters. The average Bonchev–Trinajstić information content (AvgIpc) is 2.61. The van der Waals surface area contributed by atoms with Gasteiger partial charge in [-0.15, -0.1) is 0 Å². The van der Waals surface area contributed by atoms with Crippen molar-refractivity contribution in [2.75, 3.05) is 31.1 Å². The van der Waals surface area contributed by atoms with Gasteiger partial charge in [0.05, 0.1) is 6.20 Å². The van der Waals surface area contributed by atoms with Crippen molar-refractivity contribution in [2.24, 2.45) is 0 Å². The van der Waals surface area contributed by atoms with Crippen molar-refractivity contribution in [3.8, 4) is 0 Å². The van der Waals surface area contributed by atoms with Crippen molar-refractivity contribution >= 4 is 11.8 Å². The predicted octanol–water partition coefficient (Wildman–Crippen LogP) is 0.903. The molecule has 1 fully saturated rings. The summed E-state index contributed by atoms with van der Waals surface area (Å²) in [5.41, 5.74) is 0.994. The molecule has 3 heterocycles. The fourth-order valence-corrected chi connectivity index (χ4v) is 2.39. The Hall–Kier alpha value is -2.70. The van der Waals surface area contributed by atoms with Crippen LogP contribution in [0.3, 0.4) is 0 Å². The first kappa shape index (κ1) is 14.2. The van der Waals surface area contributed by atoms with Gasteiger partial charge < -0.3 is 15.1 Å². The molecule has 114 valence electrons. The van der Waals surface area contributed by atoms with Crippen molar-refractivity contribution in [1.82, 2.24) is 25.2 Å². The number of amides is 2. The highest BCUT2D eigenvalue weighted by Crippen LogP contribution is 2.11. The zero-order valence-electron chi connectivity index (χ0n) is 12.2. The highest BCUT2D eigenvalue weighted by molar-refractivity contribution is 5.74. The first-order chi connectivity index (χ1) is 10.8. The van der Waals surface area contributed by atoms with Gasteiger partial charge in [-0.2, -0.15) is 0 Å². The molecule has 1 N–H and O–H groups in total. The number of hydrogen-bond acceptors (Lipinski definition) is 5. The molecule has 3 rings (SSSR count). The number of piperazine rings is 1. The molecule has 2 amide bonds. The lowest BCUT2D eigenvalue weighted by Gasteiger charge is -2.35. The van der Waals surface area contributed by atoms with Crippen LogP contribution in [0.25, 0.3) is 0 Å². The predicted molar refractivity (Wildman–Crippen MR) is 82.3 cm³/mol. The lowest BCUT2D eigenvalue weighted by atomic mass is 10.3. The molecule has 0 bridgehead atoms. The van der Waals surface area contributed by atoms with Gasteiger partial charge in [-0.05, 0) is 11.6 Å². The monoisotopic (exact) mass is 298 g/mol. The summed E-state index contributed by atoms with van der Waals surface area (Å²) in [4.78, 5) is 28.5. The minimum Gasteiger partial charge on any atom is -0.352 e. The van der Waals surface area contributed by atoms with Crippen molar-refractivity contribution < 1.29 is 4.79 Å². The number of nitrogens with zero attached hydrogens (tertiary/aromatic N) is 5. The fourth-order valence-electron chi connectivity index (χ4n) is 2.39. The topological polar surface area (TPSA) is 74.2 Å². The van der Waals surface area contributed by atoms with E-state index >= 15 is 0 Å². The maximum absolute atomic E-state index is 12.2. The van der Waals surface area contributed by atoms with Crippen LogP contribution in [-0.2, 0) is 6.54 Å². The molecule has 2 aromatic rings. The van der Waals surface area contributed by atoms with Crippen LogP contribution in [0.4, 0.5) is 10.6 Å². The standard InChI is InChI=1S/C15H18N6O/c22-15(19-11-13-2-1-3-16-10-13)21-8-6-20(7-9-21)14-12-17-4-5-18-14/h1-5,10,12H,6-9,11H2,(H,19,22). The lowest BCUT2D eigenvalue weighted by molar-refractivity contribution is 0.194. The van der Waals surface area contributed by atoms with Crippen molar-refractivity contribution in [3.63, 3.8) is 0 Å². The number of aromatic nitrogens is 3. The molecule has 0 saturated carbocycles. The number of urea groups is 1. The molecule has 1 aliphatic rings. The summed E-state index contributed by atoms with van der Waals surface area (Å²) in [6.45, 7) is 3.37. The number of carbonyl (C=O) groups is 1. The minimum atomic E-state index is -0.0392. The van der Waals surface area contributed by atoms with E-state index in [0.717, 1.165) is 24.5 Å². The highest BCUT2D eigenvalue weighted by atomic mass is 16.2. The van der Waals surface area contributed by atoms with Gasteiger partial charge in [0, 0.05) is 57.5 Å². The maximum Gasteiger partial charge on any atom is 0.317 e. The molecule has 0 spiro atoms. The fraction of sp³-hybridized carbons (Fsp3) is 0.333. The van der Waals surface area contributed by atoms with E-state index in [2.05, 4.69) is 25.2 Å². The normalized spacial score (nSPS) is 14.7. The van der Waals surface area contributed by atoms with E-state index in [1.54, 1.807) is 31.0 Å². The molecular formula is C15H18N6O. The zero-order valence-corrected chi connectivity index (χ0v) is 12.2. The Bertz CT molecular complexity index is 598. The number of nitrogens with one attached hydrogen (secondary N) is 1. The summed E-state index contributed by atoms with van der Waals surface area (Å²) < 4.78 is 0. The van der Waals surface area contributed by atoms with Gasteiger partial charge >= 0.3 is 6.03 Å². The largest absolute Gasteiger partial charge is 0.352 e. The summed E-state index contributed by atoms with van der Waals surface area (Å²) in [5.74, 6) is 0.859. The minimum absolute atomic E-state index is 0.0392. The second kappa shape index (κ2) is 6.84. The van der Waals surface area contributed by atoms with Gasteiger partial charge in [0.1, 0.15) is 5.82 Å². The van der Waals surface area contributed by atoms with Gasteiger partial charge in [0.15, 0.2) is 0 Å². The molecule has 0 aliphatic carbocycles. The summed E-state index contributed by atoms with van der Waals surface area (Å²) in [6.07, 6.45) is 8.56. The molecule has 0 atom stereocenters. The number of pyridine rings is 1. The van der Waals surface area contributed by atoms with Crippen molar-refractivity contribution in [3.05, 3.63) is 48.7 Å². The molecule has 0 radical (unpaired) electrons. The van der Waals surface area contributed by atoms with Crippen molar-refractivity contribution in [2.45, 2.75) is 6.54 Å². The van der Waals surface area contributed by atoms with E-state index in [9.17, 15) is 4.79 Å². The Morgan fingerprint density at radius 2 is 1.91 bits per heavy atom. The molecule has 7 heteroatoms. The summed E-state index contributed by atoms with van der Waals surface area (Å²) >= 11 is 0. The number of rotatable bonds is 3. The molecule has 2 aromatic heterocycles. The van der Waals surface area contributed by atoms with Gasteiger partial charge in [0.25, 0.3) is 0 Å². The van der Waals surface area contributed by atoms with Gasteiger partial charge in [-0.3, -0.25) is 9.97 Å². The smallest absolute Gasteiger partial charge is 0.317 e. The average molecular weight is 298 g/mol. The SMILES string of the molecule is O=C(NCc1cccnc1)N1CCN(c2cnccn2)CC1. The number of anilines is 1. The second-order valence-electron chi connectivity index (χ2n) is 5.06. The Balaban J connectivity index is 1.48. The van der Waals surface area contributed by atoms with Crippen LogP contribution in [0.5, 0.6) is 0 Å². The Morgan fingerprint density at radius 1 is 1.09 bits per heavy atom. The molecule has 22 heavy (non-hydrogen) atoms. The maximum atomic E-state index is 12.2. The first-order valence-corrected chi connectivity index (χ1v) is 7.25. The third kappa shape index (κ3) is 3.49. The van der Waals surface area contributed by atoms with E-state index in [0.29, 0.717) is 19.6 Å².